The summed E-state index contributed by atoms with van der Waals surface area (Å²) >= 11 is 0. The molecule has 0 radical (unpaired) electrons. The van der Waals surface area contributed by atoms with Gasteiger partial charge in [0.05, 0.1) is 0 Å². The molecule has 0 bridgehead atoms. The molecule has 1 fully saturated rings. The summed E-state index contributed by atoms with van der Waals surface area (Å²) in [4.78, 5) is 18.4. The van der Waals surface area contributed by atoms with Gasteiger partial charge in [-0.1, -0.05) is 18.2 Å². The summed E-state index contributed by atoms with van der Waals surface area (Å²) in [6.07, 6.45) is 0.935. The lowest BCUT2D eigenvalue weighted by Crippen LogP contribution is -2.36. The van der Waals surface area contributed by atoms with E-state index in [1.165, 1.54) is 6.07 Å². The molecular formula is C15H16FN3O. The van der Waals surface area contributed by atoms with Crippen molar-refractivity contribution in [3.8, 4) is 0 Å². The molecule has 1 saturated heterocycles. The van der Waals surface area contributed by atoms with Gasteiger partial charge in [0, 0.05) is 18.0 Å². The lowest BCUT2D eigenvalue weighted by Gasteiger charge is -2.12. The van der Waals surface area contributed by atoms with Gasteiger partial charge in [-0.05, 0) is 32.1 Å². The molecule has 1 aromatic carbocycles. The number of hydrogen-bond donors (Lipinski definition) is 1. The van der Waals surface area contributed by atoms with Crippen molar-refractivity contribution >= 4 is 16.8 Å². The smallest absolute Gasteiger partial charge is 0.270 e. The molecule has 0 saturated carbocycles. The minimum Gasteiger partial charge on any atom is -0.347 e. The number of rotatable bonds is 2. The van der Waals surface area contributed by atoms with Crippen LogP contribution in [0.1, 0.15) is 16.9 Å². The lowest BCUT2D eigenvalue weighted by molar-refractivity contribution is 0.0933. The largest absolute Gasteiger partial charge is 0.347 e. The topological polar surface area (TPSA) is 45.2 Å². The van der Waals surface area contributed by atoms with Gasteiger partial charge in [-0.3, -0.25) is 4.79 Å². The highest BCUT2D eigenvalue weighted by Crippen LogP contribution is 2.16. The van der Waals surface area contributed by atoms with Crippen molar-refractivity contribution in [1.82, 2.24) is 15.2 Å². The number of hydrogen-bond acceptors (Lipinski definition) is 3. The Labute approximate surface area is 116 Å². The summed E-state index contributed by atoms with van der Waals surface area (Å²) in [5.74, 6) is -0.645. The molecule has 2 aromatic rings. The molecule has 1 unspecified atom stereocenters. The summed E-state index contributed by atoms with van der Waals surface area (Å²) < 4.78 is 13.7. The van der Waals surface area contributed by atoms with E-state index in [4.69, 9.17) is 0 Å². The molecule has 3 rings (SSSR count). The van der Waals surface area contributed by atoms with E-state index >= 15 is 0 Å². The number of amides is 1. The second-order valence-corrected chi connectivity index (χ2v) is 5.23. The molecule has 104 valence electrons. The number of pyridine rings is 1. The average Bonchev–Trinajstić information content (AvgIpc) is 2.84. The van der Waals surface area contributed by atoms with Crippen LogP contribution in [0, 0.1) is 5.82 Å². The van der Waals surface area contributed by atoms with Gasteiger partial charge in [-0.25, -0.2) is 9.37 Å². The molecule has 0 aliphatic carbocycles. The van der Waals surface area contributed by atoms with E-state index in [1.807, 2.05) is 7.05 Å². The first-order chi connectivity index (χ1) is 9.63. The minimum absolute atomic E-state index is 0.144. The number of likely N-dealkylation sites (N-methyl/N-ethyl adjacent to an activating group) is 1. The molecule has 5 heteroatoms. The zero-order chi connectivity index (χ0) is 14.1. The quantitative estimate of drug-likeness (QED) is 0.907. The fourth-order valence-electron chi connectivity index (χ4n) is 2.55. The molecule has 1 aliphatic heterocycles. The van der Waals surface area contributed by atoms with E-state index in [9.17, 15) is 9.18 Å². The van der Waals surface area contributed by atoms with Gasteiger partial charge in [0.2, 0.25) is 0 Å². The van der Waals surface area contributed by atoms with Crippen LogP contribution in [0.5, 0.6) is 0 Å². The number of benzene rings is 1. The number of carbonyl (C=O) groups excluding carboxylic acids is 1. The SMILES string of the molecule is CN1CCC(NC(=O)c2ccc3cccc(F)c3n2)C1. The molecule has 0 spiro atoms. The standard InChI is InChI=1S/C15H16FN3O/c1-19-8-7-11(9-19)17-15(20)13-6-5-10-3-2-4-12(16)14(10)18-13/h2-6,11H,7-9H2,1H3,(H,17,20). The van der Waals surface area contributed by atoms with Crippen molar-refractivity contribution in [2.75, 3.05) is 20.1 Å². The summed E-state index contributed by atoms with van der Waals surface area (Å²) in [6.45, 7) is 1.82. The minimum atomic E-state index is -0.405. The Hall–Kier alpha value is -2.01. The first-order valence-electron chi connectivity index (χ1n) is 6.68. The second kappa shape index (κ2) is 5.17. The third-order valence-corrected chi connectivity index (χ3v) is 3.63. The van der Waals surface area contributed by atoms with Crippen molar-refractivity contribution in [3.63, 3.8) is 0 Å². The van der Waals surface area contributed by atoms with Gasteiger partial charge in [0.25, 0.3) is 5.91 Å². The molecular weight excluding hydrogens is 257 g/mol. The van der Waals surface area contributed by atoms with Crippen molar-refractivity contribution in [1.29, 1.82) is 0 Å². The lowest BCUT2D eigenvalue weighted by atomic mass is 10.2. The number of nitrogens with one attached hydrogen (secondary N) is 1. The molecule has 4 nitrogen and oxygen atoms in total. The average molecular weight is 273 g/mol. The highest BCUT2D eigenvalue weighted by Gasteiger charge is 2.22. The van der Waals surface area contributed by atoms with Crippen LogP contribution in [0.3, 0.4) is 0 Å². The Morgan fingerprint density at radius 3 is 3.00 bits per heavy atom. The Balaban J connectivity index is 1.83. The molecule has 1 aliphatic rings. The predicted octanol–water partition coefficient (Wildman–Crippen LogP) is 1.81. The fraction of sp³-hybridized carbons (Fsp3) is 0.333. The zero-order valence-corrected chi connectivity index (χ0v) is 11.3. The number of fused-ring (bicyclic) bond motifs is 1. The predicted molar refractivity (Wildman–Crippen MR) is 75.1 cm³/mol. The number of carbonyl (C=O) groups is 1. The zero-order valence-electron chi connectivity index (χ0n) is 11.3. The van der Waals surface area contributed by atoms with E-state index < -0.39 is 5.82 Å². The van der Waals surface area contributed by atoms with Crippen LogP contribution < -0.4 is 5.32 Å². The van der Waals surface area contributed by atoms with Crippen molar-refractivity contribution < 1.29 is 9.18 Å². The van der Waals surface area contributed by atoms with Crippen LogP contribution in [0.2, 0.25) is 0 Å². The monoisotopic (exact) mass is 273 g/mol. The maximum atomic E-state index is 13.7. The Morgan fingerprint density at radius 1 is 1.40 bits per heavy atom. The molecule has 1 N–H and O–H groups in total. The summed E-state index contributed by atoms with van der Waals surface area (Å²) in [6, 6.07) is 8.26. The van der Waals surface area contributed by atoms with Crippen molar-refractivity contribution in [2.24, 2.45) is 0 Å². The second-order valence-electron chi connectivity index (χ2n) is 5.23. The summed E-state index contributed by atoms with van der Waals surface area (Å²) in [7, 11) is 2.02. The molecule has 1 atom stereocenters. The number of nitrogens with zero attached hydrogens (tertiary/aromatic N) is 2. The van der Waals surface area contributed by atoms with E-state index in [-0.39, 0.29) is 23.2 Å². The van der Waals surface area contributed by atoms with Gasteiger partial charge in [-0.2, -0.15) is 0 Å². The number of likely N-dealkylation sites (tertiary alicyclic amines) is 1. The van der Waals surface area contributed by atoms with Gasteiger partial charge in [0.1, 0.15) is 17.0 Å². The van der Waals surface area contributed by atoms with Crippen molar-refractivity contribution in [3.05, 3.63) is 41.8 Å². The van der Waals surface area contributed by atoms with E-state index in [0.717, 1.165) is 19.5 Å². The van der Waals surface area contributed by atoms with E-state index in [2.05, 4.69) is 15.2 Å². The molecule has 1 amide bonds. The summed E-state index contributed by atoms with van der Waals surface area (Å²) in [5, 5.41) is 3.64. The first kappa shape index (κ1) is 13.0. The third-order valence-electron chi connectivity index (χ3n) is 3.63. The highest BCUT2D eigenvalue weighted by molar-refractivity contribution is 5.95. The first-order valence-corrected chi connectivity index (χ1v) is 6.68. The highest BCUT2D eigenvalue weighted by atomic mass is 19.1. The molecule has 2 heterocycles. The number of aromatic nitrogens is 1. The number of para-hydroxylation sites is 1. The van der Waals surface area contributed by atoms with Gasteiger partial charge >= 0.3 is 0 Å². The third kappa shape index (κ3) is 2.49. The van der Waals surface area contributed by atoms with Gasteiger partial charge in [0.15, 0.2) is 0 Å². The molecule has 20 heavy (non-hydrogen) atoms. The Kier molecular flexibility index (Phi) is 3.36. The van der Waals surface area contributed by atoms with E-state index in [1.54, 1.807) is 24.3 Å². The molecule has 1 aromatic heterocycles. The van der Waals surface area contributed by atoms with Gasteiger partial charge < -0.3 is 10.2 Å². The van der Waals surface area contributed by atoms with Crippen LogP contribution in [-0.2, 0) is 0 Å². The van der Waals surface area contributed by atoms with Crippen LogP contribution in [-0.4, -0.2) is 42.0 Å². The van der Waals surface area contributed by atoms with Crippen LogP contribution >= 0.6 is 0 Å². The maximum absolute atomic E-state index is 13.7. The Bertz CT molecular complexity index is 659. The Morgan fingerprint density at radius 2 is 2.25 bits per heavy atom. The maximum Gasteiger partial charge on any atom is 0.270 e. The van der Waals surface area contributed by atoms with Crippen LogP contribution in [0.25, 0.3) is 10.9 Å². The van der Waals surface area contributed by atoms with Crippen molar-refractivity contribution in [2.45, 2.75) is 12.5 Å². The van der Waals surface area contributed by atoms with Crippen LogP contribution in [0.15, 0.2) is 30.3 Å². The number of halogens is 1. The normalized spacial score (nSPS) is 19.4. The van der Waals surface area contributed by atoms with Gasteiger partial charge in [-0.15, -0.1) is 0 Å². The fourth-order valence-corrected chi connectivity index (χ4v) is 2.55. The van der Waals surface area contributed by atoms with E-state index in [0.29, 0.717) is 5.39 Å². The van der Waals surface area contributed by atoms with Crippen LogP contribution in [0.4, 0.5) is 4.39 Å². The summed E-state index contributed by atoms with van der Waals surface area (Å²) in [5.41, 5.74) is 0.501.